The summed E-state index contributed by atoms with van der Waals surface area (Å²) in [7, 11) is 0. The van der Waals surface area contributed by atoms with E-state index in [1.54, 1.807) is 12.1 Å². The van der Waals surface area contributed by atoms with E-state index in [0.29, 0.717) is 24.2 Å². The van der Waals surface area contributed by atoms with Crippen molar-refractivity contribution in [2.75, 3.05) is 26.2 Å². The van der Waals surface area contributed by atoms with Gasteiger partial charge in [-0.1, -0.05) is 76.6 Å². The Hall–Kier alpha value is -2.60. The van der Waals surface area contributed by atoms with Crippen LogP contribution in [0.4, 0.5) is 0 Å². The minimum Gasteiger partial charge on any atom is -0.297 e. The van der Waals surface area contributed by atoms with Crippen LogP contribution in [0.15, 0.2) is 77.3 Å². The highest BCUT2D eigenvalue weighted by molar-refractivity contribution is 9.10. The third kappa shape index (κ3) is 3.36. The zero-order chi connectivity index (χ0) is 22.3. The van der Waals surface area contributed by atoms with Crippen molar-refractivity contribution in [3.63, 3.8) is 0 Å². The topological polar surface area (TPSA) is 40.6 Å². The molecule has 1 aliphatic carbocycles. The summed E-state index contributed by atoms with van der Waals surface area (Å²) in [5, 5.41) is 0. The lowest BCUT2D eigenvalue weighted by Crippen LogP contribution is -2.60. The normalized spacial score (nSPS) is 18.7. The molecule has 4 nitrogen and oxygen atoms in total. The highest BCUT2D eigenvalue weighted by atomic mass is 79.9. The number of halogens is 1. The maximum absolute atomic E-state index is 13.9. The molecule has 162 valence electrons. The molecule has 5 rings (SSSR count). The van der Waals surface area contributed by atoms with Gasteiger partial charge in [0.1, 0.15) is 0 Å². The second kappa shape index (κ2) is 8.39. The molecule has 0 atom stereocenters. The van der Waals surface area contributed by atoms with Crippen molar-refractivity contribution in [1.29, 1.82) is 0 Å². The van der Waals surface area contributed by atoms with Crippen molar-refractivity contribution in [2.24, 2.45) is 0 Å². The maximum Gasteiger partial charge on any atom is 0.196 e. The second-order valence-corrected chi connectivity index (χ2v) is 9.53. The fourth-order valence-electron chi connectivity index (χ4n) is 5.09. The number of piperazine rings is 1. The number of Topliss-reactive ketones (excluding diaryl/α,β-unsaturated/α-hetero) is 2. The van der Waals surface area contributed by atoms with Crippen LogP contribution in [0.2, 0.25) is 0 Å². The number of nitrogens with zero attached hydrogens (tertiary/aromatic N) is 2. The van der Waals surface area contributed by atoms with Crippen LogP contribution in [0.5, 0.6) is 0 Å². The van der Waals surface area contributed by atoms with Crippen molar-refractivity contribution in [3.05, 3.63) is 105 Å². The Morgan fingerprint density at radius 3 is 2.06 bits per heavy atom. The minimum absolute atomic E-state index is 0.108. The molecule has 1 fully saturated rings. The summed E-state index contributed by atoms with van der Waals surface area (Å²) in [6, 6.07) is 23.3. The van der Waals surface area contributed by atoms with E-state index in [-0.39, 0.29) is 11.6 Å². The van der Waals surface area contributed by atoms with Gasteiger partial charge in [-0.3, -0.25) is 19.4 Å². The average molecular weight is 489 g/mol. The monoisotopic (exact) mass is 488 g/mol. The molecule has 0 unspecified atom stereocenters. The first-order chi connectivity index (χ1) is 15.5. The van der Waals surface area contributed by atoms with E-state index < -0.39 is 5.54 Å². The molecule has 3 aromatic rings. The van der Waals surface area contributed by atoms with Crippen molar-refractivity contribution in [1.82, 2.24) is 9.80 Å². The van der Waals surface area contributed by atoms with Gasteiger partial charge in [-0.25, -0.2) is 0 Å². The van der Waals surface area contributed by atoms with Crippen LogP contribution >= 0.6 is 15.9 Å². The van der Waals surface area contributed by atoms with Gasteiger partial charge in [-0.15, -0.1) is 0 Å². The number of carbonyl (C=O) groups excluding carboxylic acids is 2. The molecule has 0 bridgehead atoms. The summed E-state index contributed by atoms with van der Waals surface area (Å²) in [4.78, 5) is 32.2. The van der Waals surface area contributed by atoms with Gasteiger partial charge < -0.3 is 0 Å². The number of hydrogen-bond donors (Lipinski definition) is 0. The number of benzene rings is 3. The van der Waals surface area contributed by atoms with Gasteiger partial charge >= 0.3 is 0 Å². The summed E-state index contributed by atoms with van der Waals surface area (Å²) in [6.45, 7) is 5.95. The van der Waals surface area contributed by atoms with Crippen molar-refractivity contribution in [2.45, 2.75) is 19.0 Å². The third-order valence-corrected chi connectivity index (χ3v) is 7.31. The molecule has 2 aliphatic rings. The van der Waals surface area contributed by atoms with E-state index in [1.165, 1.54) is 11.1 Å². The predicted molar refractivity (Wildman–Crippen MR) is 129 cm³/mol. The number of aryl methyl sites for hydroxylation is 1. The summed E-state index contributed by atoms with van der Waals surface area (Å²) < 4.78 is 0.865. The molecule has 32 heavy (non-hydrogen) atoms. The Kier molecular flexibility index (Phi) is 5.58. The van der Waals surface area contributed by atoms with Crippen molar-refractivity contribution in [3.8, 4) is 0 Å². The zero-order valence-corrected chi connectivity index (χ0v) is 19.6. The molecular weight excluding hydrogens is 464 g/mol. The molecule has 0 saturated carbocycles. The molecule has 0 radical (unpaired) electrons. The Morgan fingerprint density at radius 2 is 1.44 bits per heavy atom. The van der Waals surface area contributed by atoms with Gasteiger partial charge in [0.15, 0.2) is 17.1 Å². The lowest BCUT2D eigenvalue weighted by Gasteiger charge is -2.44. The number of ketones is 2. The van der Waals surface area contributed by atoms with Crippen LogP contribution in [-0.2, 0) is 12.1 Å². The second-order valence-electron chi connectivity index (χ2n) is 8.61. The fourth-order valence-corrected chi connectivity index (χ4v) is 5.49. The predicted octanol–water partition coefficient (Wildman–Crippen LogP) is 4.85. The zero-order valence-electron chi connectivity index (χ0n) is 18.1. The Morgan fingerprint density at radius 1 is 0.812 bits per heavy atom. The van der Waals surface area contributed by atoms with Gasteiger partial charge in [0.05, 0.1) is 0 Å². The van der Waals surface area contributed by atoms with Gasteiger partial charge in [0.2, 0.25) is 0 Å². The highest BCUT2D eigenvalue weighted by Gasteiger charge is 2.58. The standard InChI is InChI=1S/C27H25BrN2O2/c1-19-7-2-3-8-20(19)18-29-13-15-30(16-14-29)27(21-9-6-10-22(28)17-21)25(31)23-11-4-5-12-24(23)26(27)32/h2-12,17H,13-16,18H2,1H3. The van der Waals surface area contributed by atoms with Crippen LogP contribution in [0.1, 0.15) is 37.4 Å². The first-order valence-corrected chi connectivity index (χ1v) is 11.8. The van der Waals surface area contributed by atoms with Crippen molar-refractivity contribution < 1.29 is 9.59 Å². The first kappa shape index (κ1) is 21.3. The lowest BCUT2D eigenvalue weighted by molar-refractivity contribution is 0.0279. The highest BCUT2D eigenvalue weighted by Crippen LogP contribution is 2.43. The number of fused-ring (bicyclic) bond motifs is 1. The SMILES string of the molecule is Cc1ccccc1CN1CCN(C2(c3cccc(Br)c3)C(=O)c3ccccc3C2=O)CC1. The Bertz CT molecular complexity index is 1160. The van der Waals surface area contributed by atoms with E-state index in [2.05, 4.69) is 56.9 Å². The molecule has 3 aromatic carbocycles. The van der Waals surface area contributed by atoms with E-state index in [1.807, 2.05) is 36.4 Å². The van der Waals surface area contributed by atoms with Gasteiger partial charge in [0, 0.05) is 48.3 Å². The first-order valence-electron chi connectivity index (χ1n) is 11.0. The van der Waals surface area contributed by atoms with Gasteiger partial charge in [-0.2, -0.15) is 0 Å². The molecule has 5 heteroatoms. The Balaban J connectivity index is 1.48. The summed E-state index contributed by atoms with van der Waals surface area (Å²) in [5.41, 5.74) is 3.12. The van der Waals surface area contributed by atoms with Gasteiger partial charge in [0.25, 0.3) is 0 Å². The molecule has 0 spiro atoms. The molecule has 1 aliphatic heterocycles. The quantitative estimate of drug-likeness (QED) is 0.492. The number of carbonyl (C=O) groups is 2. The molecule has 1 heterocycles. The van der Waals surface area contributed by atoms with Crippen LogP contribution in [0, 0.1) is 6.92 Å². The van der Waals surface area contributed by atoms with Crippen LogP contribution in [-0.4, -0.2) is 47.5 Å². The Labute approximate surface area is 197 Å². The molecule has 1 saturated heterocycles. The van der Waals surface area contributed by atoms with Crippen LogP contribution < -0.4 is 0 Å². The largest absolute Gasteiger partial charge is 0.297 e. The average Bonchev–Trinajstić information content (AvgIpc) is 3.04. The smallest absolute Gasteiger partial charge is 0.196 e. The molecule has 0 aromatic heterocycles. The minimum atomic E-state index is -1.29. The summed E-state index contributed by atoms with van der Waals surface area (Å²) >= 11 is 3.54. The molecular formula is C27H25BrN2O2. The lowest BCUT2D eigenvalue weighted by atomic mass is 9.82. The van der Waals surface area contributed by atoms with Crippen molar-refractivity contribution >= 4 is 27.5 Å². The van der Waals surface area contributed by atoms with E-state index >= 15 is 0 Å². The number of hydrogen-bond acceptors (Lipinski definition) is 4. The number of rotatable bonds is 4. The summed E-state index contributed by atoms with van der Waals surface area (Å²) in [5.74, 6) is -0.216. The third-order valence-electron chi connectivity index (χ3n) is 6.82. The maximum atomic E-state index is 13.9. The summed E-state index contributed by atoms with van der Waals surface area (Å²) in [6.07, 6.45) is 0. The van der Waals surface area contributed by atoms with Gasteiger partial charge in [-0.05, 0) is 35.7 Å². The van der Waals surface area contributed by atoms with Crippen LogP contribution in [0.25, 0.3) is 0 Å². The van der Waals surface area contributed by atoms with E-state index in [4.69, 9.17) is 0 Å². The molecule has 0 N–H and O–H groups in total. The van der Waals surface area contributed by atoms with E-state index in [9.17, 15) is 9.59 Å². The van der Waals surface area contributed by atoms with E-state index in [0.717, 1.165) is 29.7 Å². The molecule has 0 amide bonds. The van der Waals surface area contributed by atoms with Crippen LogP contribution in [0.3, 0.4) is 0 Å². The fraction of sp³-hybridized carbons (Fsp3) is 0.259.